The first kappa shape index (κ1) is 21.4. The molecule has 0 saturated carbocycles. The molecule has 10 heteroatoms. The van der Waals surface area contributed by atoms with Gasteiger partial charge in [-0.1, -0.05) is 6.07 Å². The molecule has 2 aromatic carbocycles. The summed E-state index contributed by atoms with van der Waals surface area (Å²) in [5, 5.41) is 16.2. The Morgan fingerprint density at radius 1 is 1.10 bits per heavy atom. The van der Waals surface area contributed by atoms with Crippen LogP contribution in [0.15, 0.2) is 42.5 Å². The Morgan fingerprint density at radius 3 is 2.45 bits per heavy atom. The molecule has 152 valence electrons. The molecule has 10 nitrogen and oxygen atoms in total. The highest BCUT2D eigenvalue weighted by molar-refractivity contribution is 5.98. The number of carbonyl (C=O) groups excluding carboxylic acids is 3. The molecule has 0 heterocycles. The van der Waals surface area contributed by atoms with E-state index in [1.54, 1.807) is 37.2 Å². The van der Waals surface area contributed by atoms with Gasteiger partial charge >= 0.3 is 5.97 Å². The van der Waals surface area contributed by atoms with Crippen LogP contribution in [0.25, 0.3) is 0 Å². The van der Waals surface area contributed by atoms with Crippen LogP contribution in [0.3, 0.4) is 0 Å². The van der Waals surface area contributed by atoms with Crippen LogP contribution in [0.5, 0.6) is 0 Å². The fourth-order valence-corrected chi connectivity index (χ4v) is 2.47. The molecular formula is C19H20N4O6. The summed E-state index contributed by atoms with van der Waals surface area (Å²) >= 11 is 0. The van der Waals surface area contributed by atoms with Gasteiger partial charge in [0.1, 0.15) is 5.69 Å². The molecule has 0 aromatic heterocycles. The minimum atomic E-state index is -0.868. The van der Waals surface area contributed by atoms with Crippen LogP contribution in [0, 0.1) is 10.1 Å². The summed E-state index contributed by atoms with van der Waals surface area (Å²) in [6.45, 7) is -0.591. The van der Waals surface area contributed by atoms with Gasteiger partial charge < -0.3 is 20.3 Å². The number of amides is 2. The molecule has 0 aliphatic rings. The lowest BCUT2D eigenvalue weighted by Gasteiger charge is -2.13. The van der Waals surface area contributed by atoms with Crippen molar-refractivity contribution in [2.45, 2.75) is 0 Å². The van der Waals surface area contributed by atoms with Gasteiger partial charge in [-0.15, -0.1) is 0 Å². The summed E-state index contributed by atoms with van der Waals surface area (Å²) in [5.74, 6) is -1.80. The fourth-order valence-electron chi connectivity index (χ4n) is 2.47. The van der Waals surface area contributed by atoms with Gasteiger partial charge in [0.05, 0.1) is 10.5 Å². The molecule has 2 aromatic rings. The van der Waals surface area contributed by atoms with Crippen molar-refractivity contribution < 1.29 is 24.0 Å². The molecule has 0 unspecified atom stereocenters. The Morgan fingerprint density at radius 2 is 1.83 bits per heavy atom. The van der Waals surface area contributed by atoms with E-state index in [1.807, 2.05) is 0 Å². The molecule has 2 amide bonds. The summed E-state index contributed by atoms with van der Waals surface area (Å²) in [5.41, 5.74) is 0.755. The van der Waals surface area contributed by atoms with Crippen LogP contribution in [0.2, 0.25) is 0 Å². The number of ether oxygens (including phenoxy) is 1. The fraction of sp³-hybridized carbons (Fsp3) is 0.211. The number of anilines is 2. The molecule has 0 aliphatic carbocycles. The minimum absolute atomic E-state index is 0.0447. The molecule has 2 N–H and O–H groups in total. The number of hydrogen-bond acceptors (Lipinski definition) is 7. The maximum atomic E-state index is 12.1. The highest BCUT2D eigenvalue weighted by Crippen LogP contribution is 2.27. The van der Waals surface area contributed by atoms with Gasteiger partial charge in [0.15, 0.2) is 6.61 Å². The van der Waals surface area contributed by atoms with E-state index in [-0.39, 0.29) is 17.2 Å². The average Bonchev–Trinajstić information content (AvgIpc) is 2.70. The normalized spacial score (nSPS) is 10.0. The molecule has 0 aliphatic heterocycles. The second-order valence-corrected chi connectivity index (χ2v) is 6.14. The minimum Gasteiger partial charge on any atom is -0.452 e. The van der Waals surface area contributed by atoms with Crippen LogP contribution in [0.1, 0.15) is 20.7 Å². The van der Waals surface area contributed by atoms with Crippen molar-refractivity contribution in [1.29, 1.82) is 0 Å². The van der Waals surface area contributed by atoms with Crippen molar-refractivity contribution in [2.75, 3.05) is 38.0 Å². The van der Waals surface area contributed by atoms with E-state index in [2.05, 4.69) is 10.6 Å². The van der Waals surface area contributed by atoms with Crippen molar-refractivity contribution in [3.8, 4) is 0 Å². The lowest BCUT2D eigenvalue weighted by atomic mass is 10.1. The Balaban J connectivity index is 2.02. The first-order chi connectivity index (χ1) is 13.7. The van der Waals surface area contributed by atoms with Crippen LogP contribution in [0.4, 0.5) is 17.1 Å². The van der Waals surface area contributed by atoms with Crippen LogP contribution >= 0.6 is 0 Å². The van der Waals surface area contributed by atoms with Gasteiger partial charge in [-0.05, 0) is 30.3 Å². The van der Waals surface area contributed by atoms with E-state index < -0.39 is 23.4 Å². The van der Waals surface area contributed by atoms with Crippen molar-refractivity contribution in [2.24, 2.45) is 0 Å². The number of hydrogen-bond donors (Lipinski definition) is 2. The van der Waals surface area contributed by atoms with Crippen molar-refractivity contribution >= 4 is 34.8 Å². The maximum absolute atomic E-state index is 12.1. The van der Waals surface area contributed by atoms with Crippen molar-refractivity contribution in [1.82, 2.24) is 5.32 Å². The second-order valence-electron chi connectivity index (χ2n) is 6.14. The molecule has 29 heavy (non-hydrogen) atoms. The van der Waals surface area contributed by atoms with Gasteiger partial charge in [0, 0.05) is 38.5 Å². The number of nitrogens with one attached hydrogen (secondary N) is 2. The highest BCUT2D eigenvalue weighted by Gasteiger charge is 2.20. The van der Waals surface area contributed by atoms with E-state index in [9.17, 15) is 24.5 Å². The summed E-state index contributed by atoms with van der Waals surface area (Å²) in [4.78, 5) is 47.9. The van der Waals surface area contributed by atoms with Crippen LogP contribution in [-0.2, 0) is 9.53 Å². The van der Waals surface area contributed by atoms with Crippen LogP contribution < -0.4 is 15.5 Å². The third-order valence-electron chi connectivity index (χ3n) is 3.86. The first-order valence-corrected chi connectivity index (χ1v) is 8.47. The van der Waals surface area contributed by atoms with E-state index in [0.29, 0.717) is 16.9 Å². The second kappa shape index (κ2) is 9.31. The van der Waals surface area contributed by atoms with Crippen molar-refractivity contribution in [3.05, 3.63) is 63.7 Å². The van der Waals surface area contributed by atoms with E-state index in [4.69, 9.17) is 4.74 Å². The van der Waals surface area contributed by atoms with Crippen LogP contribution in [-0.4, -0.2) is 50.5 Å². The standard InChI is InChI=1S/C19H20N4O6/c1-20-18(25)12-5-4-6-14(9-12)21-17(24)11-29-19(26)13-7-8-15(22(2)3)16(10-13)23(27)28/h4-10H,11H2,1-3H3,(H,20,25)(H,21,24). The molecule has 0 fully saturated rings. The van der Waals surface area contributed by atoms with Gasteiger partial charge in [-0.25, -0.2) is 4.79 Å². The quantitative estimate of drug-likeness (QED) is 0.412. The third kappa shape index (κ3) is 5.51. The predicted molar refractivity (Wildman–Crippen MR) is 106 cm³/mol. The smallest absolute Gasteiger partial charge is 0.338 e. The Hall–Kier alpha value is -3.95. The Kier molecular flexibility index (Phi) is 6.85. The lowest BCUT2D eigenvalue weighted by Crippen LogP contribution is -2.22. The number of nitro groups is 1. The maximum Gasteiger partial charge on any atom is 0.338 e. The molecule has 0 spiro atoms. The number of benzene rings is 2. The van der Waals surface area contributed by atoms with Gasteiger partial charge in [-0.3, -0.25) is 19.7 Å². The summed E-state index contributed by atoms with van der Waals surface area (Å²) in [6, 6.07) is 10.1. The largest absolute Gasteiger partial charge is 0.452 e. The SMILES string of the molecule is CNC(=O)c1cccc(NC(=O)COC(=O)c2ccc(N(C)C)c([N+](=O)[O-])c2)c1. The summed E-state index contributed by atoms with van der Waals surface area (Å²) in [7, 11) is 4.77. The Labute approximate surface area is 166 Å². The zero-order valence-electron chi connectivity index (χ0n) is 16.1. The topological polar surface area (TPSA) is 131 Å². The van der Waals surface area contributed by atoms with E-state index >= 15 is 0 Å². The third-order valence-corrected chi connectivity index (χ3v) is 3.86. The zero-order valence-corrected chi connectivity index (χ0v) is 16.1. The monoisotopic (exact) mass is 400 g/mol. The van der Waals surface area contributed by atoms with Gasteiger partial charge in [0.2, 0.25) is 0 Å². The predicted octanol–water partition coefficient (Wildman–Crippen LogP) is 1.82. The van der Waals surface area contributed by atoms with Gasteiger partial charge in [-0.2, -0.15) is 0 Å². The first-order valence-electron chi connectivity index (χ1n) is 8.47. The lowest BCUT2D eigenvalue weighted by molar-refractivity contribution is -0.384. The highest BCUT2D eigenvalue weighted by atomic mass is 16.6. The molecule has 0 saturated heterocycles. The molecule has 0 atom stereocenters. The number of nitrogens with zero attached hydrogens (tertiary/aromatic N) is 2. The summed E-state index contributed by atoms with van der Waals surface area (Å²) in [6.07, 6.45) is 0. The zero-order chi connectivity index (χ0) is 21.6. The molecule has 0 bridgehead atoms. The molecular weight excluding hydrogens is 380 g/mol. The van der Waals surface area contributed by atoms with Crippen molar-refractivity contribution in [3.63, 3.8) is 0 Å². The molecule has 0 radical (unpaired) electrons. The Bertz CT molecular complexity index is 957. The van der Waals surface area contributed by atoms with Gasteiger partial charge in [0.25, 0.3) is 17.5 Å². The molecule has 2 rings (SSSR count). The number of rotatable bonds is 7. The average molecular weight is 400 g/mol. The number of esters is 1. The number of carbonyl (C=O) groups is 3. The van der Waals surface area contributed by atoms with E-state index in [0.717, 1.165) is 6.07 Å². The van der Waals surface area contributed by atoms with E-state index in [1.165, 1.54) is 25.2 Å². The number of nitro benzene ring substituents is 1. The summed E-state index contributed by atoms with van der Waals surface area (Å²) < 4.78 is 4.93.